The zero-order chi connectivity index (χ0) is 14.3. The zero-order valence-corrected chi connectivity index (χ0v) is 11.3. The lowest BCUT2D eigenvalue weighted by molar-refractivity contribution is 0.352. The van der Waals surface area contributed by atoms with Gasteiger partial charge in [0.05, 0.1) is 12.6 Å². The van der Waals surface area contributed by atoms with Gasteiger partial charge in [-0.1, -0.05) is 17.7 Å². The van der Waals surface area contributed by atoms with E-state index in [1.54, 1.807) is 6.07 Å². The SMILES string of the molecule is NC(c1ccc(F)c(F)c1)c1cc(Cl)cc2c1OCC2. The van der Waals surface area contributed by atoms with Gasteiger partial charge in [-0.2, -0.15) is 0 Å². The Bertz CT molecular complexity index is 675. The van der Waals surface area contributed by atoms with E-state index in [0.717, 1.165) is 24.1 Å². The number of fused-ring (bicyclic) bond motifs is 1. The number of hydrogen-bond acceptors (Lipinski definition) is 2. The molecule has 1 aliphatic heterocycles. The summed E-state index contributed by atoms with van der Waals surface area (Å²) in [6.07, 6.45) is 0.771. The van der Waals surface area contributed by atoms with E-state index in [1.807, 2.05) is 6.07 Å². The summed E-state index contributed by atoms with van der Waals surface area (Å²) >= 11 is 6.07. The molecule has 0 saturated carbocycles. The quantitative estimate of drug-likeness (QED) is 0.919. The summed E-state index contributed by atoms with van der Waals surface area (Å²) in [6, 6.07) is 6.56. The highest BCUT2D eigenvalue weighted by atomic mass is 35.5. The summed E-state index contributed by atoms with van der Waals surface area (Å²) in [6.45, 7) is 0.577. The van der Waals surface area contributed by atoms with Crippen LogP contribution in [0.3, 0.4) is 0 Å². The van der Waals surface area contributed by atoms with Gasteiger partial charge in [-0.05, 0) is 35.4 Å². The average molecular weight is 296 g/mol. The lowest BCUT2D eigenvalue weighted by Crippen LogP contribution is -2.13. The molecule has 0 spiro atoms. The molecule has 2 N–H and O–H groups in total. The molecule has 0 radical (unpaired) electrons. The minimum atomic E-state index is -0.919. The van der Waals surface area contributed by atoms with Gasteiger partial charge in [0, 0.05) is 17.0 Å². The number of ether oxygens (including phenoxy) is 1. The van der Waals surface area contributed by atoms with Crippen LogP contribution < -0.4 is 10.5 Å². The molecule has 0 aliphatic carbocycles. The first-order chi connectivity index (χ1) is 9.56. The maximum atomic E-state index is 13.3. The Kier molecular flexibility index (Phi) is 3.36. The summed E-state index contributed by atoms with van der Waals surface area (Å²) < 4.78 is 31.9. The molecular formula is C15H12ClF2NO. The molecule has 1 heterocycles. The topological polar surface area (TPSA) is 35.2 Å². The fourth-order valence-corrected chi connectivity index (χ4v) is 2.66. The molecule has 3 rings (SSSR count). The van der Waals surface area contributed by atoms with Crippen molar-refractivity contribution in [3.05, 3.63) is 63.7 Å². The molecule has 1 atom stereocenters. The maximum Gasteiger partial charge on any atom is 0.159 e. The van der Waals surface area contributed by atoms with Gasteiger partial charge >= 0.3 is 0 Å². The number of nitrogens with two attached hydrogens (primary N) is 1. The summed E-state index contributed by atoms with van der Waals surface area (Å²) in [4.78, 5) is 0. The summed E-state index contributed by atoms with van der Waals surface area (Å²) in [5, 5.41) is 0.558. The highest BCUT2D eigenvalue weighted by Gasteiger charge is 2.23. The molecule has 2 aromatic rings. The molecule has 1 unspecified atom stereocenters. The van der Waals surface area contributed by atoms with E-state index in [-0.39, 0.29) is 0 Å². The van der Waals surface area contributed by atoms with Crippen molar-refractivity contribution in [1.82, 2.24) is 0 Å². The minimum absolute atomic E-state index is 0.476. The summed E-state index contributed by atoms with van der Waals surface area (Å²) in [5.41, 5.74) is 8.31. The lowest BCUT2D eigenvalue weighted by atomic mass is 9.96. The molecule has 20 heavy (non-hydrogen) atoms. The Labute approximate surface area is 120 Å². The third-order valence-corrected chi connectivity index (χ3v) is 3.63. The molecule has 104 valence electrons. The molecule has 0 saturated heterocycles. The van der Waals surface area contributed by atoms with E-state index < -0.39 is 17.7 Å². The van der Waals surface area contributed by atoms with Gasteiger partial charge in [-0.3, -0.25) is 0 Å². The van der Waals surface area contributed by atoms with Crippen molar-refractivity contribution < 1.29 is 13.5 Å². The molecule has 0 amide bonds. The zero-order valence-electron chi connectivity index (χ0n) is 10.5. The van der Waals surface area contributed by atoms with Gasteiger partial charge in [0.2, 0.25) is 0 Å². The molecule has 1 aliphatic rings. The maximum absolute atomic E-state index is 13.3. The Hall–Kier alpha value is -1.65. The monoisotopic (exact) mass is 295 g/mol. The van der Waals surface area contributed by atoms with Crippen molar-refractivity contribution >= 4 is 11.6 Å². The highest BCUT2D eigenvalue weighted by Crippen LogP contribution is 2.37. The minimum Gasteiger partial charge on any atom is -0.493 e. The number of halogens is 3. The average Bonchev–Trinajstić information content (AvgIpc) is 2.88. The molecular weight excluding hydrogens is 284 g/mol. The molecule has 2 aromatic carbocycles. The van der Waals surface area contributed by atoms with Crippen molar-refractivity contribution in [2.45, 2.75) is 12.5 Å². The fourth-order valence-electron chi connectivity index (χ4n) is 2.41. The van der Waals surface area contributed by atoms with Crippen LogP contribution in [0.2, 0.25) is 5.02 Å². The van der Waals surface area contributed by atoms with Gasteiger partial charge in [-0.25, -0.2) is 8.78 Å². The van der Waals surface area contributed by atoms with E-state index in [1.165, 1.54) is 6.07 Å². The second-order valence-electron chi connectivity index (χ2n) is 4.73. The fraction of sp³-hybridized carbons (Fsp3) is 0.200. The highest BCUT2D eigenvalue weighted by molar-refractivity contribution is 6.30. The predicted octanol–water partition coefficient (Wildman–Crippen LogP) is 3.60. The van der Waals surface area contributed by atoms with Gasteiger partial charge in [0.15, 0.2) is 11.6 Å². The van der Waals surface area contributed by atoms with Crippen molar-refractivity contribution in [2.75, 3.05) is 6.61 Å². The largest absolute Gasteiger partial charge is 0.493 e. The van der Waals surface area contributed by atoms with Gasteiger partial charge in [-0.15, -0.1) is 0 Å². The summed E-state index contributed by atoms with van der Waals surface area (Å²) in [5.74, 6) is -1.11. The third-order valence-electron chi connectivity index (χ3n) is 3.41. The van der Waals surface area contributed by atoms with E-state index in [4.69, 9.17) is 22.1 Å². The molecule has 0 bridgehead atoms. The first kappa shape index (κ1) is 13.3. The Morgan fingerprint density at radius 1 is 1.15 bits per heavy atom. The second kappa shape index (κ2) is 5.04. The normalized spacial score (nSPS) is 14.8. The summed E-state index contributed by atoms with van der Waals surface area (Å²) in [7, 11) is 0. The van der Waals surface area contributed by atoms with Crippen molar-refractivity contribution in [1.29, 1.82) is 0 Å². The molecule has 0 fully saturated rings. The van der Waals surface area contributed by atoms with E-state index >= 15 is 0 Å². The Morgan fingerprint density at radius 3 is 2.70 bits per heavy atom. The van der Waals surface area contributed by atoms with Crippen LogP contribution in [0.5, 0.6) is 5.75 Å². The Balaban J connectivity index is 2.06. The number of benzene rings is 2. The van der Waals surface area contributed by atoms with Crippen LogP contribution in [0, 0.1) is 11.6 Å². The number of rotatable bonds is 2. The van der Waals surface area contributed by atoms with Crippen molar-refractivity contribution in [2.24, 2.45) is 5.73 Å². The molecule has 0 aromatic heterocycles. The van der Waals surface area contributed by atoms with Crippen LogP contribution in [0.15, 0.2) is 30.3 Å². The van der Waals surface area contributed by atoms with Crippen molar-refractivity contribution in [3.8, 4) is 5.75 Å². The Morgan fingerprint density at radius 2 is 1.95 bits per heavy atom. The van der Waals surface area contributed by atoms with Crippen LogP contribution >= 0.6 is 11.6 Å². The van der Waals surface area contributed by atoms with Crippen LogP contribution in [0.25, 0.3) is 0 Å². The van der Waals surface area contributed by atoms with E-state index in [0.29, 0.717) is 28.5 Å². The second-order valence-corrected chi connectivity index (χ2v) is 5.17. The standard InChI is InChI=1S/C15H12ClF2NO/c16-10-5-9-3-4-20-15(9)11(7-10)14(19)8-1-2-12(17)13(18)6-8/h1-2,5-7,14H,3-4,19H2. The van der Waals surface area contributed by atoms with Crippen LogP contribution in [0.4, 0.5) is 8.78 Å². The van der Waals surface area contributed by atoms with Crippen LogP contribution in [0.1, 0.15) is 22.7 Å². The molecule has 2 nitrogen and oxygen atoms in total. The first-order valence-electron chi connectivity index (χ1n) is 6.22. The lowest BCUT2D eigenvalue weighted by Gasteiger charge is -2.16. The smallest absolute Gasteiger partial charge is 0.159 e. The van der Waals surface area contributed by atoms with Gasteiger partial charge < -0.3 is 10.5 Å². The molecule has 5 heteroatoms. The van der Waals surface area contributed by atoms with Crippen LogP contribution in [-0.2, 0) is 6.42 Å². The van der Waals surface area contributed by atoms with Gasteiger partial charge in [0.25, 0.3) is 0 Å². The van der Waals surface area contributed by atoms with Gasteiger partial charge in [0.1, 0.15) is 5.75 Å². The van der Waals surface area contributed by atoms with E-state index in [2.05, 4.69) is 0 Å². The van der Waals surface area contributed by atoms with Crippen LogP contribution in [-0.4, -0.2) is 6.61 Å². The first-order valence-corrected chi connectivity index (χ1v) is 6.59. The number of hydrogen-bond donors (Lipinski definition) is 1. The third kappa shape index (κ3) is 2.25. The van der Waals surface area contributed by atoms with E-state index in [9.17, 15) is 8.78 Å². The predicted molar refractivity (Wildman–Crippen MR) is 73.0 cm³/mol. The van der Waals surface area contributed by atoms with Crippen molar-refractivity contribution in [3.63, 3.8) is 0 Å².